The van der Waals surface area contributed by atoms with Gasteiger partial charge in [0.1, 0.15) is 12.3 Å². The molecule has 42 heavy (non-hydrogen) atoms. The van der Waals surface area contributed by atoms with Crippen molar-refractivity contribution >= 4 is 52.3 Å². The number of rotatable bonds is 11. The van der Waals surface area contributed by atoms with Crippen molar-refractivity contribution in [1.82, 2.24) is 20.6 Å². The number of nitrogens with zero attached hydrogens (tertiary/aromatic N) is 2. The van der Waals surface area contributed by atoms with E-state index in [2.05, 4.69) is 21.2 Å². The topological polar surface area (TPSA) is 132 Å². The number of ether oxygens (including phenoxy) is 3. The molecule has 0 saturated carbocycles. The molecule has 1 atom stereocenters. The lowest BCUT2D eigenvalue weighted by atomic mass is 9.95. The molecule has 1 amide bonds. The molecule has 3 aromatic rings. The number of benzene rings is 2. The van der Waals surface area contributed by atoms with Crippen LogP contribution in [0.4, 0.5) is 0 Å². The third-order valence-electron chi connectivity index (χ3n) is 6.61. The number of amides is 1. The standard InChI is InChI=1S/C30H33N5O6S/c1-5-39-26(37)16-35-19(4)22(20-11-7-9-13-23(20)35)15-31-34-25(36)17-41-24-14-10-8-12-21(24)28-27(29(38)40-6-2)18(3)32-30(42)33-28/h7-15,28H,5-6,16-17H2,1-4H3,(H,34,36)(H2,32,33,42)/t28-/m0/s1. The highest BCUT2D eigenvalue weighted by Gasteiger charge is 2.32. The molecule has 12 heteroatoms. The van der Waals surface area contributed by atoms with Gasteiger partial charge in [0.05, 0.1) is 31.0 Å². The molecule has 0 bridgehead atoms. The second kappa shape index (κ2) is 13.8. The van der Waals surface area contributed by atoms with E-state index >= 15 is 0 Å². The summed E-state index contributed by atoms with van der Waals surface area (Å²) in [4.78, 5) is 37.6. The van der Waals surface area contributed by atoms with Crippen LogP contribution in [-0.4, -0.2) is 53.6 Å². The maximum atomic E-state index is 12.8. The van der Waals surface area contributed by atoms with Crippen molar-refractivity contribution in [3.63, 3.8) is 0 Å². The Bertz CT molecular complexity index is 1580. The summed E-state index contributed by atoms with van der Waals surface area (Å²) in [6.45, 7) is 7.38. The van der Waals surface area contributed by atoms with Gasteiger partial charge in [-0.05, 0) is 52.0 Å². The zero-order chi connectivity index (χ0) is 30.2. The molecule has 3 N–H and O–H groups in total. The summed E-state index contributed by atoms with van der Waals surface area (Å²) in [5.41, 5.74) is 6.48. The van der Waals surface area contributed by atoms with E-state index in [1.807, 2.05) is 35.8 Å². The first-order valence-corrected chi connectivity index (χ1v) is 13.9. The highest BCUT2D eigenvalue weighted by molar-refractivity contribution is 7.80. The lowest BCUT2D eigenvalue weighted by Crippen LogP contribution is -2.45. The average molecular weight is 592 g/mol. The fourth-order valence-electron chi connectivity index (χ4n) is 4.76. The van der Waals surface area contributed by atoms with E-state index in [0.717, 1.165) is 22.2 Å². The normalized spacial score (nSPS) is 14.9. The van der Waals surface area contributed by atoms with Gasteiger partial charge in [-0.2, -0.15) is 5.10 Å². The van der Waals surface area contributed by atoms with Crippen LogP contribution in [0.5, 0.6) is 5.75 Å². The van der Waals surface area contributed by atoms with E-state index in [1.165, 1.54) is 0 Å². The maximum Gasteiger partial charge on any atom is 0.338 e. The third-order valence-corrected chi connectivity index (χ3v) is 6.83. The number of fused-ring (bicyclic) bond motifs is 1. The Hall–Kier alpha value is -4.71. The summed E-state index contributed by atoms with van der Waals surface area (Å²) in [7, 11) is 0. The Labute approximate surface area is 248 Å². The van der Waals surface area contributed by atoms with E-state index in [1.54, 1.807) is 51.3 Å². The Morgan fingerprint density at radius 1 is 1.05 bits per heavy atom. The van der Waals surface area contributed by atoms with E-state index in [0.29, 0.717) is 34.3 Å². The van der Waals surface area contributed by atoms with Crippen molar-refractivity contribution in [3.8, 4) is 5.75 Å². The number of hydrogen-bond acceptors (Lipinski definition) is 8. The minimum atomic E-state index is -0.634. The summed E-state index contributed by atoms with van der Waals surface area (Å²) < 4.78 is 18.1. The average Bonchev–Trinajstić information content (AvgIpc) is 3.22. The second-order valence-electron chi connectivity index (χ2n) is 9.32. The lowest BCUT2D eigenvalue weighted by Gasteiger charge is -2.30. The monoisotopic (exact) mass is 591 g/mol. The number of nitrogens with one attached hydrogen (secondary N) is 3. The number of carbonyl (C=O) groups is 3. The van der Waals surface area contributed by atoms with E-state index < -0.39 is 17.9 Å². The van der Waals surface area contributed by atoms with Crippen molar-refractivity contribution < 1.29 is 28.6 Å². The van der Waals surface area contributed by atoms with Crippen molar-refractivity contribution in [2.45, 2.75) is 40.3 Å². The number of hydrogen-bond donors (Lipinski definition) is 3. The second-order valence-corrected chi connectivity index (χ2v) is 9.73. The van der Waals surface area contributed by atoms with Gasteiger partial charge in [0, 0.05) is 33.4 Å². The van der Waals surface area contributed by atoms with Crippen LogP contribution in [0.25, 0.3) is 10.9 Å². The molecule has 220 valence electrons. The molecule has 0 unspecified atom stereocenters. The maximum absolute atomic E-state index is 12.8. The molecule has 0 saturated heterocycles. The minimum absolute atomic E-state index is 0.0663. The molecule has 1 aliphatic rings. The summed E-state index contributed by atoms with van der Waals surface area (Å²) in [6, 6.07) is 14.1. The largest absolute Gasteiger partial charge is 0.483 e. The number of carbonyl (C=O) groups excluding carboxylic acids is 3. The van der Waals surface area contributed by atoms with Gasteiger partial charge in [-0.25, -0.2) is 10.2 Å². The summed E-state index contributed by atoms with van der Waals surface area (Å²) in [6.07, 6.45) is 1.55. The molecule has 11 nitrogen and oxygen atoms in total. The van der Waals surface area contributed by atoms with Crippen molar-refractivity contribution in [2.24, 2.45) is 5.10 Å². The van der Waals surface area contributed by atoms with Gasteiger partial charge >= 0.3 is 11.9 Å². The van der Waals surface area contributed by atoms with Crippen molar-refractivity contribution in [1.29, 1.82) is 0 Å². The van der Waals surface area contributed by atoms with Gasteiger partial charge in [0.15, 0.2) is 11.7 Å². The van der Waals surface area contributed by atoms with Crippen molar-refractivity contribution in [2.75, 3.05) is 19.8 Å². The predicted molar refractivity (Wildman–Crippen MR) is 162 cm³/mol. The number of hydrazone groups is 1. The molecule has 0 aliphatic carbocycles. The molecule has 0 fully saturated rings. The highest BCUT2D eigenvalue weighted by atomic mass is 32.1. The lowest BCUT2D eigenvalue weighted by molar-refractivity contribution is -0.143. The van der Waals surface area contributed by atoms with Gasteiger partial charge in [0.2, 0.25) is 0 Å². The van der Waals surface area contributed by atoms with Gasteiger partial charge in [-0.3, -0.25) is 9.59 Å². The summed E-state index contributed by atoms with van der Waals surface area (Å²) >= 11 is 5.32. The zero-order valence-corrected chi connectivity index (χ0v) is 24.7. The van der Waals surface area contributed by atoms with Crippen LogP contribution in [0.2, 0.25) is 0 Å². The van der Waals surface area contributed by atoms with Crippen LogP contribution in [-0.2, 0) is 30.4 Å². The van der Waals surface area contributed by atoms with Crippen LogP contribution >= 0.6 is 12.2 Å². The van der Waals surface area contributed by atoms with Gasteiger partial charge < -0.3 is 29.4 Å². The fourth-order valence-corrected chi connectivity index (χ4v) is 5.03. The van der Waals surface area contributed by atoms with Crippen LogP contribution in [0.15, 0.2) is 64.9 Å². The molecule has 2 aromatic carbocycles. The number of para-hydroxylation sites is 2. The van der Waals surface area contributed by atoms with Crippen molar-refractivity contribution in [3.05, 3.63) is 76.6 Å². The minimum Gasteiger partial charge on any atom is -0.483 e. The zero-order valence-electron chi connectivity index (χ0n) is 23.9. The molecule has 4 rings (SSSR count). The van der Waals surface area contributed by atoms with Crippen LogP contribution in [0, 0.1) is 6.92 Å². The molecule has 1 aliphatic heterocycles. The smallest absolute Gasteiger partial charge is 0.338 e. The number of esters is 2. The Morgan fingerprint density at radius 2 is 1.76 bits per heavy atom. The van der Waals surface area contributed by atoms with E-state index in [4.69, 9.17) is 26.4 Å². The Kier molecular flexibility index (Phi) is 9.92. The molecule has 1 aromatic heterocycles. The predicted octanol–water partition coefficient (Wildman–Crippen LogP) is 3.40. The molecule has 0 spiro atoms. The van der Waals surface area contributed by atoms with Gasteiger partial charge in [-0.15, -0.1) is 0 Å². The molecular weight excluding hydrogens is 558 g/mol. The quantitative estimate of drug-likeness (QED) is 0.133. The molecular formula is C30H33N5O6S. The van der Waals surface area contributed by atoms with Crippen LogP contribution < -0.4 is 20.8 Å². The third kappa shape index (κ3) is 6.77. The fraction of sp³-hybridized carbons (Fsp3) is 0.300. The summed E-state index contributed by atoms with van der Waals surface area (Å²) in [5, 5.41) is 11.4. The first-order valence-electron chi connectivity index (χ1n) is 13.5. The van der Waals surface area contributed by atoms with Crippen LogP contribution in [0.3, 0.4) is 0 Å². The number of aromatic nitrogens is 1. The molecule has 2 heterocycles. The van der Waals surface area contributed by atoms with Gasteiger partial charge in [-0.1, -0.05) is 36.4 Å². The first-order chi connectivity index (χ1) is 20.2. The number of thiocarbonyl (C=S) groups is 1. The number of allylic oxidation sites excluding steroid dienone is 1. The SMILES string of the molecule is CCOC(=O)Cn1c(C)c(C=NNC(=O)COc2ccccc2[C@@H]2NC(=S)NC(C)=C2C(=O)OCC)c2ccccc21. The van der Waals surface area contributed by atoms with Gasteiger partial charge in [0.25, 0.3) is 5.91 Å². The Balaban J connectivity index is 1.48. The van der Waals surface area contributed by atoms with E-state index in [9.17, 15) is 14.4 Å². The highest BCUT2D eigenvalue weighted by Crippen LogP contribution is 2.33. The van der Waals surface area contributed by atoms with Crippen LogP contribution in [0.1, 0.15) is 43.6 Å². The first kappa shape index (κ1) is 30.3. The van der Waals surface area contributed by atoms with E-state index in [-0.39, 0.29) is 25.7 Å². The summed E-state index contributed by atoms with van der Waals surface area (Å²) in [5.74, 6) is -0.910. The molecule has 0 radical (unpaired) electrons. The Morgan fingerprint density at radius 3 is 2.52 bits per heavy atom.